The number of ether oxygens (including phenoxy) is 1. The Bertz CT molecular complexity index is 1630. The number of carbonyl (C=O) groups excluding carboxylic acids is 3. The normalized spacial score (nSPS) is 10.6. The number of hydrogen-bond donors (Lipinski definition) is 0. The predicted octanol–water partition coefficient (Wildman–Crippen LogP) is 5.66. The van der Waals surface area contributed by atoms with Crippen LogP contribution in [-0.2, 0) is 4.74 Å². The predicted molar refractivity (Wildman–Crippen MR) is 147 cm³/mol. The summed E-state index contributed by atoms with van der Waals surface area (Å²) in [6.07, 6.45) is 1.07. The molecule has 0 bridgehead atoms. The van der Waals surface area contributed by atoms with Crippen LogP contribution in [-0.4, -0.2) is 44.0 Å². The largest absolute Gasteiger partial charge is 0.462 e. The van der Waals surface area contributed by atoms with Gasteiger partial charge in [0.2, 0.25) is 0 Å². The number of anilines is 1. The molecule has 0 fully saturated rings. The van der Waals surface area contributed by atoms with Crippen LogP contribution in [0.4, 0.5) is 17.2 Å². The molecule has 0 unspecified atom stereocenters. The summed E-state index contributed by atoms with van der Waals surface area (Å²) in [7, 11) is 0. The van der Waals surface area contributed by atoms with E-state index in [2.05, 4.69) is 5.10 Å². The topological polar surface area (TPSA) is 168 Å². The molecule has 0 atom stereocenters. The lowest BCUT2D eigenvalue weighted by Gasteiger charge is -2.24. The van der Waals surface area contributed by atoms with Crippen LogP contribution in [0.3, 0.4) is 0 Å². The Morgan fingerprint density at radius 1 is 0.854 bits per heavy atom. The monoisotopic (exact) mass is 597 g/mol. The fourth-order valence-corrected chi connectivity index (χ4v) is 4.17. The minimum Gasteiger partial charge on any atom is -0.462 e. The number of imide groups is 1. The van der Waals surface area contributed by atoms with Crippen molar-refractivity contribution in [1.82, 2.24) is 9.78 Å². The SMILES string of the molecule is CCOC(=O)c1cnn(-c2ccccc2)c1N(C(=O)c1cc([N+](=O)[O-])ccc1Cl)C(=O)c1cc([N+](=O)[O-])ccc1Cl. The first kappa shape index (κ1) is 28.9. The second-order valence-corrected chi connectivity index (χ2v) is 8.95. The molecule has 41 heavy (non-hydrogen) atoms. The number of nitro benzene ring substituents is 2. The van der Waals surface area contributed by atoms with Crippen LogP contribution < -0.4 is 4.90 Å². The van der Waals surface area contributed by atoms with Gasteiger partial charge in [-0.15, -0.1) is 0 Å². The van der Waals surface area contributed by atoms with Crippen molar-refractivity contribution in [2.24, 2.45) is 0 Å². The van der Waals surface area contributed by atoms with E-state index in [0.29, 0.717) is 10.6 Å². The maximum absolute atomic E-state index is 14.1. The molecule has 4 rings (SSSR count). The van der Waals surface area contributed by atoms with Crippen molar-refractivity contribution in [2.45, 2.75) is 6.92 Å². The van der Waals surface area contributed by atoms with E-state index in [0.717, 1.165) is 47.3 Å². The highest BCUT2D eigenvalue weighted by molar-refractivity contribution is 6.39. The van der Waals surface area contributed by atoms with Gasteiger partial charge in [0, 0.05) is 24.3 Å². The average molecular weight is 598 g/mol. The van der Waals surface area contributed by atoms with E-state index in [1.54, 1.807) is 37.3 Å². The first-order valence-electron chi connectivity index (χ1n) is 11.6. The third-order valence-electron chi connectivity index (χ3n) is 5.64. The Morgan fingerprint density at radius 3 is 1.83 bits per heavy atom. The molecule has 3 aromatic carbocycles. The zero-order valence-corrected chi connectivity index (χ0v) is 22.4. The molecule has 0 radical (unpaired) electrons. The van der Waals surface area contributed by atoms with E-state index in [1.807, 2.05) is 0 Å². The maximum Gasteiger partial charge on any atom is 0.343 e. The van der Waals surface area contributed by atoms with Crippen LogP contribution in [0.1, 0.15) is 38.0 Å². The standard InChI is InChI=1S/C26H17Cl2N5O8/c1-2-41-26(36)20-14-29-31(15-6-4-3-5-7-15)23(20)30(24(34)18-12-16(32(37)38)8-10-21(18)27)25(35)19-13-17(33(39)40)9-11-22(19)28/h3-14H,2H2,1H3. The summed E-state index contributed by atoms with van der Waals surface area (Å²) in [5.41, 5.74) is -2.02. The molecule has 0 aliphatic heterocycles. The van der Waals surface area contributed by atoms with E-state index in [-0.39, 0.29) is 22.2 Å². The molecule has 0 aliphatic rings. The molecule has 2 amide bonds. The number of esters is 1. The van der Waals surface area contributed by atoms with E-state index in [4.69, 9.17) is 27.9 Å². The number of non-ortho nitro benzene ring substituents is 2. The molecule has 208 valence electrons. The number of amides is 2. The Balaban J connectivity index is 2.05. The van der Waals surface area contributed by atoms with Gasteiger partial charge >= 0.3 is 5.97 Å². The fraction of sp³-hybridized carbons (Fsp3) is 0.0769. The van der Waals surface area contributed by atoms with Gasteiger partial charge in [0.15, 0.2) is 5.82 Å². The summed E-state index contributed by atoms with van der Waals surface area (Å²) in [5.74, 6) is -3.80. The van der Waals surface area contributed by atoms with Crippen LogP contribution in [0.2, 0.25) is 10.0 Å². The number of aromatic nitrogens is 2. The first-order valence-corrected chi connectivity index (χ1v) is 12.4. The van der Waals surface area contributed by atoms with Gasteiger partial charge in [-0.1, -0.05) is 41.4 Å². The molecule has 4 aromatic rings. The number of rotatable bonds is 8. The number of benzene rings is 3. The molecule has 13 nitrogen and oxygen atoms in total. The lowest BCUT2D eigenvalue weighted by atomic mass is 10.1. The number of nitrogens with zero attached hydrogens (tertiary/aromatic N) is 5. The van der Waals surface area contributed by atoms with Crippen molar-refractivity contribution in [3.63, 3.8) is 0 Å². The fourth-order valence-electron chi connectivity index (χ4n) is 3.78. The van der Waals surface area contributed by atoms with Crippen LogP contribution in [0.5, 0.6) is 0 Å². The minimum atomic E-state index is -1.21. The molecular formula is C26H17Cl2N5O8. The second-order valence-electron chi connectivity index (χ2n) is 8.14. The van der Waals surface area contributed by atoms with Crippen LogP contribution >= 0.6 is 23.2 Å². The van der Waals surface area contributed by atoms with Crippen molar-refractivity contribution < 1.29 is 29.0 Å². The molecule has 0 aliphatic carbocycles. The van der Waals surface area contributed by atoms with Gasteiger partial charge in [0.1, 0.15) is 5.56 Å². The van der Waals surface area contributed by atoms with Crippen molar-refractivity contribution in [2.75, 3.05) is 11.5 Å². The van der Waals surface area contributed by atoms with Crippen LogP contribution in [0, 0.1) is 20.2 Å². The molecule has 15 heteroatoms. The zero-order chi connectivity index (χ0) is 29.8. The van der Waals surface area contributed by atoms with Gasteiger partial charge in [-0.2, -0.15) is 5.10 Å². The van der Waals surface area contributed by atoms with Gasteiger partial charge < -0.3 is 4.74 Å². The van der Waals surface area contributed by atoms with Crippen molar-refractivity contribution >= 4 is 58.2 Å². The van der Waals surface area contributed by atoms with Gasteiger partial charge in [0.25, 0.3) is 23.2 Å². The van der Waals surface area contributed by atoms with Crippen molar-refractivity contribution in [3.05, 3.63) is 120 Å². The molecule has 0 saturated heterocycles. The highest BCUT2D eigenvalue weighted by Crippen LogP contribution is 2.33. The van der Waals surface area contributed by atoms with Gasteiger partial charge in [-0.3, -0.25) is 29.8 Å². The zero-order valence-electron chi connectivity index (χ0n) is 20.9. The number of para-hydroxylation sites is 1. The van der Waals surface area contributed by atoms with E-state index >= 15 is 0 Å². The van der Waals surface area contributed by atoms with E-state index < -0.39 is 55.9 Å². The second kappa shape index (κ2) is 11.9. The van der Waals surface area contributed by atoms with Crippen molar-refractivity contribution in [3.8, 4) is 5.69 Å². The molecule has 1 aromatic heterocycles. The Labute approximate surface area is 240 Å². The first-order chi connectivity index (χ1) is 19.5. The maximum atomic E-state index is 14.1. The highest BCUT2D eigenvalue weighted by Gasteiger charge is 2.37. The Kier molecular flexibility index (Phi) is 8.40. The summed E-state index contributed by atoms with van der Waals surface area (Å²) in [6.45, 7) is 1.48. The summed E-state index contributed by atoms with van der Waals surface area (Å²) < 4.78 is 6.21. The quantitative estimate of drug-likeness (QED) is 0.108. The number of carbonyl (C=O) groups is 3. The number of nitro groups is 2. The molecule has 0 N–H and O–H groups in total. The third-order valence-corrected chi connectivity index (χ3v) is 6.30. The number of hydrogen-bond acceptors (Lipinski definition) is 9. The third kappa shape index (κ3) is 5.76. The van der Waals surface area contributed by atoms with Gasteiger partial charge in [-0.25, -0.2) is 14.4 Å². The van der Waals surface area contributed by atoms with Gasteiger partial charge in [0.05, 0.1) is 49.5 Å². The lowest BCUT2D eigenvalue weighted by Crippen LogP contribution is -2.40. The lowest BCUT2D eigenvalue weighted by molar-refractivity contribution is -0.385. The molecule has 0 saturated carbocycles. The molecule has 1 heterocycles. The van der Waals surface area contributed by atoms with Crippen LogP contribution in [0.25, 0.3) is 5.69 Å². The van der Waals surface area contributed by atoms with Gasteiger partial charge in [-0.05, 0) is 31.2 Å². The smallest absolute Gasteiger partial charge is 0.343 e. The average Bonchev–Trinajstić information content (AvgIpc) is 3.38. The highest BCUT2D eigenvalue weighted by atomic mass is 35.5. The number of halogens is 2. The molecule has 0 spiro atoms. The summed E-state index contributed by atoms with van der Waals surface area (Å²) >= 11 is 12.5. The van der Waals surface area contributed by atoms with E-state index in [1.165, 1.54) is 0 Å². The van der Waals surface area contributed by atoms with Crippen molar-refractivity contribution in [1.29, 1.82) is 0 Å². The Morgan fingerprint density at radius 2 is 1.37 bits per heavy atom. The minimum absolute atomic E-state index is 0.0654. The Hall–Kier alpha value is -5.14. The van der Waals surface area contributed by atoms with E-state index in [9.17, 15) is 34.6 Å². The van der Waals surface area contributed by atoms with Crippen LogP contribution in [0.15, 0.2) is 72.9 Å². The summed E-state index contributed by atoms with van der Waals surface area (Å²) in [5, 5.41) is 26.6. The summed E-state index contributed by atoms with van der Waals surface area (Å²) in [6, 6.07) is 14.1. The molecular weight excluding hydrogens is 581 g/mol. The summed E-state index contributed by atoms with van der Waals surface area (Å²) in [4.78, 5) is 63.1.